The smallest absolute Gasteiger partial charge is 0.101 e. The highest BCUT2D eigenvalue weighted by atomic mass is 15.0. The zero-order valence-electron chi connectivity index (χ0n) is 10.4. The molecule has 1 aliphatic carbocycles. The van der Waals surface area contributed by atoms with Crippen LogP contribution in [0.5, 0.6) is 0 Å². The molecule has 18 heavy (non-hydrogen) atoms. The zero-order valence-corrected chi connectivity index (χ0v) is 10.4. The first-order valence-electron chi connectivity index (χ1n) is 6.54. The van der Waals surface area contributed by atoms with Crippen molar-refractivity contribution in [3.05, 3.63) is 35.5 Å². The highest BCUT2D eigenvalue weighted by Gasteiger charge is 2.20. The number of nitriles is 1. The minimum absolute atomic E-state index is 0.534. The lowest BCUT2D eigenvalue weighted by atomic mass is 9.85. The fourth-order valence-corrected chi connectivity index (χ4v) is 2.78. The fraction of sp³-hybridized carbons (Fsp3) is 0.400. The molecule has 2 N–H and O–H groups in total. The SMILES string of the molecule is N#Cc1cccc2cc(CN)n(CC3CCC3)c12. The lowest BCUT2D eigenvalue weighted by Gasteiger charge is -2.27. The van der Waals surface area contributed by atoms with Crippen LogP contribution in [0.4, 0.5) is 0 Å². The van der Waals surface area contributed by atoms with Gasteiger partial charge in [0.2, 0.25) is 0 Å². The summed E-state index contributed by atoms with van der Waals surface area (Å²) in [4.78, 5) is 0. The molecule has 1 fully saturated rings. The second-order valence-electron chi connectivity index (χ2n) is 5.10. The number of aromatic nitrogens is 1. The molecule has 1 saturated carbocycles. The van der Waals surface area contributed by atoms with Crippen molar-refractivity contribution < 1.29 is 0 Å². The normalized spacial score (nSPS) is 15.6. The van der Waals surface area contributed by atoms with Gasteiger partial charge in [-0.1, -0.05) is 18.6 Å². The Balaban J connectivity index is 2.15. The van der Waals surface area contributed by atoms with Crippen LogP contribution in [-0.4, -0.2) is 4.57 Å². The van der Waals surface area contributed by atoms with Crippen molar-refractivity contribution in [2.45, 2.75) is 32.4 Å². The average Bonchev–Trinajstić information content (AvgIpc) is 2.71. The van der Waals surface area contributed by atoms with E-state index >= 15 is 0 Å². The van der Waals surface area contributed by atoms with Crippen molar-refractivity contribution >= 4 is 10.9 Å². The van der Waals surface area contributed by atoms with E-state index < -0.39 is 0 Å². The van der Waals surface area contributed by atoms with Crippen LogP contribution in [0.15, 0.2) is 24.3 Å². The number of nitrogens with zero attached hydrogens (tertiary/aromatic N) is 2. The summed E-state index contributed by atoms with van der Waals surface area (Å²) in [5.41, 5.74) is 8.79. The van der Waals surface area contributed by atoms with E-state index in [4.69, 9.17) is 5.73 Å². The Morgan fingerprint density at radius 3 is 2.83 bits per heavy atom. The largest absolute Gasteiger partial charge is 0.342 e. The van der Waals surface area contributed by atoms with Crippen LogP contribution in [0.3, 0.4) is 0 Å². The Morgan fingerprint density at radius 2 is 2.22 bits per heavy atom. The van der Waals surface area contributed by atoms with Gasteiger partial charge in [-0.25, -0.2) is 0 Å². The van der Waals surface area contributed by atoms with E-state index in [1.165, 1.54) is 19.3 Å². The minimum Gasteiger partial charge on any atom is -0.342 e. The molecule has 0 bridgehead atoms. The monoisotopic (exact) mass is 239 g/mol. The van der Waals surface area contributed by atoms with Crippen molar-refractivity contribution in [3.63, 3.8) is 0 Å². The van der Waals surface area contributed by atoms with Gasteiger partial charge in [-0.3, -0.25) is 0 Å². The van der Waals surface area contributed by atoms with Crippen LogP contribution in [0.1, 0.15) is 30.5 Å². The van der Waals surface area contributed by atoms with Gasteiger partial charge in [0.25, 0.3) is 0 Å². The third kappa shape index (κ3) is 1.70. The third-order valence-electron chi connectivity index (χ3n) is 4.00. The molecule has 0 spiro atoms. The number of fused-ring (bicyclic) bond motifs is 1. The minimum atomic E-state index is 0.534. The molecule has 0 unspecified atom stereocenters. The molecule has 3 heteroatoms. The summed E-state index contributed by atoms with van der Waals surface area (Å²) in [6.45, 7) is 1.54. The molecule has 1 aromatic heterocycles. The summed E-state index contributed by atoms with van der Waals surface area (Å²) in [5.74, 6) is 0.762. The van der Waals surface area contributed by atoms with Gasteiger partial charge in [0, 0.05) is 24.2 Å². The summed E-state index contributed by atoms with van der Waals surface area (Å²) in [5, 5.41) is 10.4. The first-order chi connectivity index (χ1) is 8.83. The zero-order chi connectivity index (χ0) is 12.5. The van der Waals surface area contributed by atoms with Crippen molar-refractivity contribution in [1.29, 1.82) is 5.26 Å². The summed E-state index contributed by atoms with van der Waals surface area (Å²) in [7, 11) is 0. The Bertz CT molecular complexity index is 614. The maximum atomic E-state index is 9.25. The Hall–Kier alpha value is -1.79. The first kappa shape index (κ1) is 11.3. The second kappa shape index (κ2) is 4.47. The van der Waals surface area contributed by atoms with Gasteiger partial charge in [0.05, 0.1) is 11.1 Å². The number of nitrogens with two attached hydrogens (primary N) is 1. The molecule has 1 aromatic carbocycles. The number of rotatable bonds is 3. The van der Waals surface area contributed by atoms with Gasteiger partial charge in [-0.05, 0) is 30.9 Å². The molecule has 1 heterocycles. The maximum absolute atomic E-state index is 9.25. The third-order valence-corrected chi connectivity index (χ3v) is 4.00. The Morgan fingerprint density at radius 1 is 1.39 bits per heavy atom. The van der Waals surface area contributed by atoms with Crippen molar-refractivity contribution in [2.75, 3.05) is 0 Å². The van der Waals surface area contributed by atoms with Crippen LogP contribution in [0.25, 0.3) is 10.9 Å². The summed E-state index contributed by atoms with van der Waals surface area (Å²) in [6.07, 6.45) is 3.95. The molecule has 0 aliphatic heterocycles. The summed E-state index contributed by atoms with van der Waals surface area (Å²) in [6, 6.07) is 10.3. The van der Waals surface area contributed by atoms with E-state index in [0.717, 1.165) is 34.6 Å². The molecule has 0 radical (unpaired) electrons. The molecule has 0 atom stereocenters. The highest BCUT2D eigenvalue weighted by Crippen LogP contribution is 2.31. The van der Waals surface area contributed by atoms with E-state index in [0.29, 0.717) is 6.54 Å². The van der Waals surface area contributed by atoms with Crippen LogP contribution in [-0.2, 0) is 13.1 Å². The molecule has 3 rings (SSSR count). The van der Waals surface area contributed by atoms with Crippen LogP contribution < -0.4 is 5.73 Å². The highest BCUT2D eigenvalue weighted by molar-refractivity contribution is 5.86. The van der Waals surface area contributed by atoms with Crippen molar-refractivity contribution in [1.82, 2.24) is 4.57 Å². The van der Waals surface area contributed by atoms with Gasteiger partial charge in [0.15, 0.2) is 0 Å². The summed E-state index contributed by atoms with van der Waals surface area (Å²) >= 11 is 0. The topological polar surface area (TPSA) is 54.7 Å². The van der Waals surface area contributed by atoms with Crippen LogP contribution in [0.2, 0.25) is 0 Å². The van der Waals surface area contributed by atoms with Gasteiger partial charge < -0.3 is 10.3 Å². The van der Waals surface area contributed by atoms with Gasteiger partial charge in [-0.2, -0.15) is 5.26 Å². The maximum Gasteiger partial charge on any atom is 0.101 e. The Labute approximate surface area is 107 Å². The number of hydrogen-bond donors (Lipinski definition) is 1. The van der Waals surface area contributed by atoms with E-state index in [1.807, 2.05) is 12.1 Å². The lowest BCUT2D eigenvalue weighted by molar-refractivity contribution is 0.277. The van der Waals surface area contributed by atoms with E-state index in [9.17, 15) is 5.26 Å². The average molecular weight is 239 g/mol. The number of benzene rings is 1. The first-order valence-corrected chi connectivity index (χ1v) is 6.54. The fourth-order valence-electron chi connectivity index (χ4n) is 2.78. The molecule has 3 nitrogen and oxygen atoms in total. The predicted octanol–water partition coefficient (Wildman–Crippen LogP) is 2.77. The van der Waals surface area contributed by atoms with E-state index in [-0.39, 0.29) is 0 Å². The van der Waals surface area contributed by atoms with Crippen LogP contribution in [0, 0.1) is 17.2 Å². The van der Waals surface area contributed by atoms with E-state index in [1.54, 1.807) is 0 Å². The number of para-hydroxylation sites is 1. The molecule has 2 aromatic rings. The molecule has 0 saturated heterocycles. The molecular formula is C15H17N3. The molecule has 1 aliphatic rings. The summed E-state index contributed by atoms with van der Waals surface area (Å²) < 4.78 is 2.26. The van der Waals surface area contributed by atoms with Gasteiger partial charge >= 0.3 is 0 Å². The second-order valence-corrected chi connectivity index (χ2v) is 5.10. The lowest BCUT2D eigenvalue weighted by Crippen LogP contribution is -2.20. The van der Waals surface area contributed by atoms with Gasteiger partial charge in [0.1, 0.15) is 6.07 Å². The van der Waals surface area contributed by atoms with E-state index in [2.05, 4.69) is 22.8 Å². The standard InChI is InChI=1S/C15H17N3/c16-8-13-6-2-5-12-7-14(9-17)18(15(12)13)10-11-3-1-4-11/h2,5-7,11H,1,3-4,9-10,17H2. The molecular weight excluding hydrogens is 222 g/mol. The van der Waals surface area contributed by atoms with Crippen LogP contribution >= 0.6 is 0 Å². The predicted molar refractivity (Wildman–Crippen MR) is 71.9 cm³/mol. The van der Waals surface area contributed by atoms with Gasteiger partial charge in [-0.15, -0.1) is 0 Å². The molecule has 0 amide bonds. The Kier molecular flexibility index (Phi) is 2.81. The molecule has 92 valence electrons. The van der Waals surface area contributed by atoms with Crippen molar-refractivity contribution in [2.24, 2.45) is 11.7 Å². The number of hydrogen-bond acceptors (Lipinski definition) is 2. The quantitative estimate of drug-likeness (QED) is 0.895. The van der Waals surface area contributed by atoms with Crippen molar-refractivity contribution in [3.8, 4) is 6.07 Å².